The molecule has 0 saturated carbocycles. The van der Waals surface area contributed by atoms with Crippen LogP contribution in [0.2, 0.25) is 0 Å². The first-order valence-corrected chi connectivity index (χ1v) is 7.69. The van der Waals surface area contributed by atoms with Crippen LogP contribution in [0.1, 0.15) is 24.6 Å². The summed E-state index contributed by atoms with van der Waals surface area (Å²) in [4.78, 5) is 4.18. The Kier molecular flexibility index (Phi) is 5.58. The van der Waals surface area contributed by atoms with Crippen LogP contribution in [0, 0.1) is 12.7 Å². The molecule has 0 unspecified atom stereocenters. The molecule has 5 heteroatoms. The minimum Gasteiger partial charge on any atom is -0.437 e. The summed E-state index contributed by atoms with van der Waals surface area (Å²) in [5.74, 6) is 0.318. The summed E-state index contributed by atoms with van der Waals surface area (Å²) >= 11 is 0. The van der Waals surface area contributed by atoms with Crippen LogP contribution < -0.4 is 10.1 Å². The molecule has 0 amide bonds. The van der Waals surface area contributed by atoms with Crippen LogP contribution in [0.5, 0.6) is 5.75 Å². The van der Waals surface area contributed by atoms with Gasteiger partial charge in [0, 0.05) is 31.2 Å². The van der Waals surface area contributed by atoms with Crippen molar-refractivity contribution in [3.8, 4) is 5.75 Å². The average molecular weight is 327 g/mol. The topological polar surface area (TPSA) is 38.5 Å². The fraction of sp³-hybridized carbons (Fsp3) is 0.211. The number of hydrogen-bond acceptors (Lipinski definition) is 3. The number of nitrogens with zero attached hydrogens (tertiary/aromatic N) is 2. The van der Waals surface area contributed by atoms with Gasteiger partial charge in [0.2, 0.25) is 5.90 Å². The molecule has 1 N–H and O–H groups in total. The lowest BCUT2D eigenvalue weighted by Gasteiger charge is -2.13. The second kappa shape index (κ2) is 7.64. The second-order valence-corrected chi connectivity index (χ2v) is 5.40. The number of hydrogen-bond donors (Lipinski definition) is 1. The number of halogens is 1. The molecule has 0 aliphatic heterocycles. The van der Waals surface area contributed by atoms with Gasteiger partial charge < -0.3 is 14.6 Å². The Labute approximate surface area is 142 Å². The number of aromatic nitrogens is 1. The quantitative estimate of drug-likeness (QED) is 0.612. The number of anilines is 1. The van der Waals surface area contributed by atoms with Gasteiger partial charge in [0.1, 0.15) is 17.3 Å². The van der Waals surface area contributed by atoms with E-state index in [-0.39, 0.29) is 0 Å². The molecule has 126 valence electrons. The van der Waals surface area contributed by atoms with Crippen LogP contribution in [0.25, 0.3) is 0 Å². The van der Waals surface area contributed by atoms with Crippen molar-refractivity contribution < 1.29 is 9.13 Å². The van der Waals surface area contributed by atoms with Crippen LogP contribution in [0.3, 0.4) is 0 Å². The van der Waals surface area contributed by atoms with Crippen molar-refractivity contribution in [2.24, 2.45) is 12.0 Å². The van der Waals surface area contributed by atoms with Gasteiger partial charge in [0.05, 0.1) is 5.69 Å². The highest BCUT2D eigenvalue weighted by Gasteiger charge is 2.14. The molecule has 1 aromatic heterocycles. The minimum absolute atomic E-state index is 0.362. The Balaban J connectivity index is 2.28. The number of rotatable bonds is 6. The maximum Gasteiger partial charge on any atom is 0.243 e. The van der Waals surface area contributed by atoms with Crippen LogP contribution in [0.4, 0.5) is 10.1 Å². The summed E-state index contributed by atoms with van der Waals surface area (Å²) in [5, 5.41) is 2.94. The lowest BCUT2D eigenvalue weighted by molar-refractivity contribution is 0.536. The first kappa shape index (κ1) is 17.5. The summed E-state index contributed by atoms with van der Waals surface area (Å²) in [6, 6.07) is 6.59. The summed E-state index contributed by atoms with van der Waals surface area (Å²) in [6.45, 7) is 11.3. The maximum atomic E-state index is 14.2. The molecule has 0 fully saturated rings. The largest absolute Gasteiger partial charge is 0.437 e. The number of ether oxygens (including phenoxy) is 1. The summed E-state index contributed by atoms with van der Waals surface area (Å²) < 4.78 is 21.9. The Hall–Kier alpha value is -2.82. The van der Waals surface area contributed by atoms with E-state index in [1.165, 1.54) is 12.3 Å². The Morgan fingerprint density at radius 3 is 2.71 bits per heavy atom. The van der Waals surface area contributed by atoms with E-state index in [0.717, 1.165) is 23.4 Å². The lowest BCUT2D eigenvalue weighted by atomic mass is 10.2. The van der Waals surface area contributed by atoms with Crippen LogP contribution >= 0.6 is 0 Å². The average Bonchev–Trinajstić information content (AvgIpc) is 2.88. The van der Waals surface area contributed by atoms with Crippen molar-refractivity contribution in [3.63, 3.8) is 0 Å². The van der Waals surface area contributed by atoms with E-state index in [1.54, 1.807) is 12.1 Å². The molecule has 0 aliphatic rings. The van der Waals surface area contributed by atoms with Crippen molar-refractivity contribution >= 4 is 11.6 Å². The monoisotopic (exact) mass is 327 g/mol. The van der Waals surface area contributed by atoms with E-state index < -0.39 is 5.82 Å². The molecule has 0 aliphatic carbocycles. The van der Waals surface area contributed by atoms with Gasteiger partial charge in [0.25, 0.3) is 0 Å². The van der Waals surface area contributed by atoms with Crippen molar-refractivity contribution in [1.29, 1.82) is 0 Å². The molecule has 1 heterocycles. The van der Waals surface area contributed by atoms with Gasteiger partial charge in [-0.2, -0.15) is 0 Å². The first-order valence-electron chi connectivity index (χ1n) is 7.69. The fourth-order valence-corrected chi connectivity index (χ4v) is 2.24. The number of allylic oxidation sites excluding steroid dienone is 1. The number of aliphatic imine (C=N–C) groups is 1. The summed E-state index contributed by atoms with van der Waals surface area (Å²) in [6.07, 6.45) is 4.04. The van der Waals surface area contributed by atoms with Gasteiger partial charge in [-0.05, 0) is 37.1 Å². The van der Waals surface area contributed by atoms with Gasteiger partial charge in [-0.1, -0.05) is 20.1 Å². The maximum absolute atomic E-state index is 14.2. The number of benzene rings is 1. The zero-order valence-corrected chi connectivity index (χ0v) is 14.3. The third kappa shape index (κ3) is 3.93. The molecular formula is C19H22FN3O. The fourth-order valence-electron chi connectivity index (χ4n) is 2.24. The SMILES string of the molecule is C=CN=C(Oc1ccc(NC(=C)CC)c(F)c1)c1c(C)ccn1C. The molecule has 0 spiro atoms. The van der Waals surface area contributed by atoms with E-state index >= 15 is 0 Å². The summed E-state index contributed by atoms with van der Waals surface area (Å²) in [5.41, 5.74) is 2.94. The standard InChI is InChI=1S/C19H22FN3O/c1-6-14(4)22-17-9-8-15(12-16(17)20)24-19(21-7-2)18-13(3)10-11-23(18)5/h7-12,22H,2,4,6H2,1,3,5H3. The van der Waals surface area contributed by atoms with Gasteiger partial charge in [-0.3, -0.25) is 0 Å². The predicted octanol–water partition coefficient (Wildman–Crippen LogP) is 4.78. The third-order valence-corrected chi connectivity index (χ3v) is 3.58. The molecular weight excluding hydrogens is 305 g/mol. The highest BCUT2D eigenvalue weighted by atomic mass is 19.1. The van der Waals surface area contributed by atoms with E-state index in [9.17, 15) is 4.39 Å². The molecule has 0 saturated heterocycles. The Morgan fingerprint density at radius 1 is 1.42 bits per heavy atom. The van der Waals surface area contributed by atoms with Crippen molar-refractivity contribution in [2.75, 3.05) is 5.32 Å². The Bertz CT molecular complexity index is 770. The molecule has 24 heavy (non-hydrogen) atoms. The molecule has 0 bridgehead atoms. The van der Waals surface area contributed by atoms with Crippen LogP contribution in [0.15, 0.2) is 60.5 Å². The van der Waals surface area contributed by atoms with E-state index in [0.29, 0.717) is 17.3 Å². The molecule has 2 aromatic rings. The minimum atomic E-state index is -0.413. The van der Waals surface area contributed by atoms with Crippen LogP contribution in [-0.4, -0.2) is 10.5 Å². The number of nitrogens with one attached hydrogen (secondary N) is 1. The van der Waals surface area contributed by atoms with Gasteiger partial charge >= 0.3 is 0 Å². The smallest absolute Gasteiger partial charge is 0.243 e. The normalized spacial score (nSPS) is 11.2. The van der Waals surface area contributed by atoms with Gasteiger partial charge in [0.15, 0.2) is 0 Å². The highest BCUT2D eigenvalue weighted by molar-refractivity contribution is 5.96. The molecule has 0 radical (unpaired) electrons. The lowest BCUT2D eigenvalue weighted by Crippen LogP contribution is -2.15. The first-order chi connectivity index (χ1) is 11.5. The Morgan fingerprint density at radius 2 is 2.17 bits per heavy atom. The molecule has 2 rings (SSSR count). The van der Waals surface area contributed by atoms with Gasteiger partial charge in [-0.15, -0.1) is 0 Å². The molecule has 4 nitrogen and oxygen atoms in total. The molecule has 0 atom stereocenters. The number of aryl methyl sites for hydroxylation is 2. The van der Waals surface area contributed by atoms with Gasteiger partial charge in [-0.25, -0.2) is 9.38 Å². The van der Waals surface area contributed by atoms with Crippen molar-refractivity contribution in [3.05, 3.63) is 72.6 Å². The van der Waals surface area contributed by atoms with Crippen molar-refractivity contribution in [2.45, 2.75) is 20.3 Å². The van der Waals surface area contributed by atoms with Crippen molar-refractivity contribution in [1.82, 2.24) is 4.57 Å². The summed E-state index contributed by atoms with van der Waals surface area (Å²) in [7, 11) is 1.90. The predicted molar refractivity (Wildman–Crippen MR) is 97.0 cm³/mol. The van der Waals surface area contributed by atoms with E-state index in [2.05, 4.69) is 23.5 Å². The molecule has 1 aromatic carbocycles. The second-order valence-electron chi connectivity index (χ2n) is 5.40. The highest BCUT2D eigenvalue weighted by Crippen LogP contribution is 2.23. The van der Waals surface area contributed by atoms with E-state index in [1.807, 2.05) is 37.7 Å². The zero-order valence-electron chi connectivity index (χ0n) is 14.3. The van der Waals surface area contributed by atoms with E-state index in [4.69, 9.17) is 4.74 Å². The third-order valence-electron chi connectivity index (χ3n) is 3.58. The zero-order chi connectivity index (χ0) is 17.7. The van der Waals surface area contributed by atoms with Crippen LogP contribution in [-0.2, 0) is 7.05 Å².